The van der Waals surface area contributed by atoms with E-state index in [2.05, 4.69) is 10.2 Å². The fourth-order valence-electron chi connectivity index (χ4n) is 2.25. The highest BCUT2D eigenvalue weighted by molar-refractivity contribution is 5.95. The van der Waals surface area contributed by atoms with Crippen LogP contribution in [0.4, 0.5) is 5.69 Å². The molecule has 2 rings (SSSR count). The number of rotatable bonds is 5. The van der Waals surface area contributed by atoms with Gasteiger partial charge in [0.15, 0.2) is 0 Å². The SMILES string of the molecule is CO[C@@H]1CCN(CC(=O)Nc2ccc(C(N)=O)cc2)C1. The van der Waals surface area contributed by atoms with Crippen LogP contribution >= 0.6 is 0 Å². The van der Waals surface area contributed by atoms with Gasteiger partial charge in [0.25, 0.3) is 0 Å². The Morgan fingerprint density at radius 3 is 2.65 bits per heavy atom. The molecule has 1 heterocycles. The van der Waals surface area contributed by atoms with Gasteiger partial charge in [0, 0.05) is 31.5 Å². The standard InChI is InChI=1S/C14H19N3O3/c1-20-12-6-7-17(8-12)9-13(18)16-11-4-2-10(3-5-11)14(15)19/h2-5,12H,6-9H2,1H3,(H2,15,19)(H,16,18)/t12-/m1/s1. The molecule has 108 valence electrons. The fraction of sp³-hybridized carbons (Fsp3) is 0.429. The zero-order chi connectivity index (χ0) is 14.5. The molecule has 2 amide bonds. The van der Waals surface area contributed by atoms with Gasteiger partial charge in [-0.15, -0.1) is 0 Å². The molecule has 1 aromatic rings. The second-order valence-electron chi connectivity index (χ2n) is 4.87. The summed E-state index contributed by atoms with van der Waals surface area (Å²) in [6.07, 6.45) is 1.18. The molecule has 1 aliphatic heterocycles. The summed E-state index contributed by atoms with van der Waals surface area (Å²) in [4.78, 5) is 24.9. The topological polar surface area (TPSA) is 84.7 Å². The second kappa shape index (κ2) is 6.49. The van der Waals surface area contributed by atoms with E-state index in [0.717, 1.165) is 19.5 Å². The number of hydrogen-bond acceptors (Lipinski definition) is 4. The number of amides is 2. The molecule has 20 heavy (non-hydrogen) atoms. The average Bonchev–Trinajstić information content (AvgIpc) is 2.86. The van der Waals surface area contributed by atoms with Crippen molar-refractivity contribution >= 4 is 17.5 Å². The van der Waals surface area contributed by atoms with E-state index in [0.29, 0.717) is 17.8 Å². The predicted molar refractivity (Wildman–Crippen MR) is 75.4 cm³/mol. The van der Waals surface area contributed by atoms with Crippen molar-refractivity contribution in [2.24, 2.45) is 5.73 Å². The lowest BCUT2D eigenvalue weighted by Crippen LogP contribution is -2.32. The van der Waals surface area contributed by atoms with E-state index in [1.807, 2.05) is 0 Å². The summed E-state index contributed by atoms with van der Waals surface area (Å²) >= 11 is 0. The first kappa shape index (κ1) is 14.5. The van der Waals surface area contributed by atoms with Gasteiger partial charge < -0.3 is 15.8 Å². The maximum atomic E-state index is 11.9. The number of benzene rings is 1. The first-order chi connectivity index (χ1) is 9.58. The first-order valence-corrected chi connectivity index (χ1v) is 6.53. The fourth-order valence-corrected chi connectivity index (χ4v) is 2.25. The van der Waals surface area contributed by atoms with Crippen molar-refractivity contribution in [1.29, 1.82) is 0 Å². The van der Waals surface area contributed by atoms with Gasteiger partial charge in [-0.3, -0.25) is 14.5 Å². The Kier molecular flexibility index (Phi) is 4.70. The van der Waals surface area contributed by atoms with Gasteiger partial charge in [0.2, 0.25) is 11.8 Å². The molecule has 1 fully saturated rings. The van der Waals surface area contributed by atoms with E-state index in [1.165, 1.54) is 0 Å². The van der Waals surface area contributed by atoms with Gasteiger partial charge in [-0.1, -0.05) is 0 Å². The number of methoxy groups -OCH3 is 1. The third-order valence-electron chi connectivity index (χ3n) is 3.38. The molecule has 1 aliphatic rings. The van der Waals surface area contributed by atoms with Crippen LogP contribution in [0.1, 0.15) is 16.8 Å². The summed E-state index contributed by atoms with van der Waals surface area (Å²) in [5.41, 5.74) is 6.23. The smallest absolute Gasteiger partial charge is 0.248 e. The molecule has 3 N–H and O–H groups in total. The Morgan fingerprint density at radius 1 is 1.40 bits per heavy atom. The molecule has 0 bridgehead atoms. The molecule has 1 saturated heterocycles. The third-order valence-corrected chi connectivity index (χ3v) is 3.38. The number of carbonyl (C=O) groups excluding carboxylic acids is 2. The van der Waals surface area contributed by atoms with Crippen molar-refractivity contribution in [3.8, 4) is 0 Å². The summed E-state index contributed by atoms with van der Waals surface area (Å²) < 4.78 is 5.26. The number of nitrogens with one attached hydrogen (secondary N) is 1. The molecule has 0 unspecified atom stereocenters. The summed E-state index contributed by atoms with van der Waals surface area (Å²) in [5, 5.41) is 2.79. The summed E-state index contributed by atoms with van der Waals surface area (Å²) in [5.74, 6) is -0.556. The zero-order valence-electron chi connectivity index (χ0n) is 11.5. The molecule has 6 heteroatoms. The lowest BCUT2D eigenvalue weighted by atomic mass is 10.2. The maximum absolute atomic E-state index is 11.9. The number of anilines is 1. The summed E-state index contributed by atoms with van der Waals surface area (Å²) in [7, 11) is 1.69. The Labute approximate surface area is 117 Å². The number of nitrogens with two attached hydrogens (primary N) is 1. The molecule has 0 saturated carbocycles. The number of nitrogens with zero attached hydrogens (tertiary/aromatic N) is 1. The number of ether oxygens (including phenoxy) is 1. The van der Waals surface area contributed by atoms with Crippen molar-refractivity contribution in [2.75, 3.05) is 32.1 Å². The largest absolute Gasteiger partial charge is 0.380 e. The molecule has 6 nitrogen and oxygen atoms in total. The van der Waals surface area contributed by atoms with E-state index in [9.17, 15) is 9.59 Å². The number of primary amides is 1. The first-order valence-electron chi connectivity index (χ1n) is 6.53. The monoisotopic (exact) mass is 277 g/mol. The molecule has 0 spiro atoms. The lowest BCUT2D eigenvalue weighted by molar-refractivity contribution is -0.117. The highest BCUT2D eigenvalue weighted by Gasteiger charge is 2.23. The molecule has 0 aromatic heterocycles. The van der Waals surface area contributed by atoms with Crippen molar-refractivity contribution < 1.29 is 14.3 Å². The zero-order valence-corrected chi connectivity index (χ0v) is 11.5. The minimum Gasteiger partial charge on any atom is -0.380 e. The lowest BCUT2D eigenvalue weighted by Gasteiger charge is -2.15. The highest BCUT2D eigenvalue weighted by atomic mass is 16.5. The van der Waals surface area contributed by atoms with Crippen molar-refractivity contribution in [3.05, 3.63) is 29.8 Å². The van der Waals surface area contributed by atoms with E-state index < -0.39 is 5.91 Å². The Balaban J connectivity index is 1.84. The Bertz CT molecular complexity index is 487. The van der Waals surface area contributed by atoms with E-state index in [4.69, 9.17) is 10.5 Å². The minimum absolute atomic E-state index is 0.0754. The maximum Gasteiger partial charge on any atom is 0.248 e. The van der Waals surface area contributed by atoms with E-state index in [1.54, 1.807) is 31.4 Å². The van der Waals surface area contributed by atoms with Gasteiger partial charge >= 0.3 is 0 Å². The van der Waals surface area contributed by atoms with Crippen LogP contribution in [0.25, 0.3) is 0 Å². The van der Waals surface area contributed by atoms with Crippen LogP contribution in [0.2, 0.25) is 0 Å². The van der Waals surface area contributed by atoms with E-state index in [-0.39, 0.29) is 12.0 Å². The molecule has 0 radical (unpaired) electrons. The third kappa shape index (κ3) is 3.79. The normalized spacial score (nSPS) is 18.9. The predicted octanol–water partition coefficient (Wildman–Crippen LogP) is 0.445. The van der Waals surface area contributed by atoms with Gasteiger partial charge in [-0.05, 0) is 30.7 Å². The van der Waals surface area contributed by atoms with Crippen molar-refractivity contribution in [2.45, 2.75) is 12.5 Å². The molecule has 0 aliphatic carbocycles. The van der Waals surface area contributed by atoms with Crippen LogP contribution in [0.15, 0.2) is 24.3 Å². The molecular weight excluding hydrogens is 258 g/mol. The van der Waals surface area contributed by atoms with Crippen LogP contribution < -0.4 is 11.1 Å². The van der Waals surface area contributed by atoms with Crippen LogP contribution in [-0.4, -0.2) is 49.6 Å². The number of hydrogen-bond donors (Lipinski definition) is 2. The van der Waals surface area contributed by atoms with Gasteiger partial charge in [-0.25, -0.2) is 0 Å². The van der Waals surface area contributed by atoms with Gasteiger partial charge in [0.05, 0.1) is 12.6 Å². The molecule has 1 atom stereocenters. The Morgan fingerprint density at radius 2 is 2.10 bits per heavy atom. The van der Waals surface area contributed by atoms with E-state index >= 15 is 0 Å². The van der Waals surface area contributed by atoms with Gasteiger partial charge in [0.1, 0.15) is 0 Å². The van der Waals surface area contributed by atoms with Crippen LogP contribution in [0, 0.1) is 0 Å². The molecular formula is C14H19N3O3. The van der Waals surface area contributed by atoms with Crippen molar-refractivity contribution in [1.82, 2.24) is 4.90 Å². The number of likely N-dealkylation sites (tertiary alicyclic amines) is 1. The molecule has 1 aromatic carbocycles. The van der Waals surface area contributed by atoms with Crippen LogP contribution in [-0.2, 0) is 9.53 Å². The minimum atomic E-state index is -0.481. The average molecular weight is 277 g/mol. The Hall–Kier alpha value is -1.92. The number of carbonyl (C=O) groups is 2. The van der Waals surface area contributed by atoms with Crippen molar-refractivity contribution in [3.63, 3.8) is 0 Å². The second-order valence-corrected chi connectivity index (χ2v) is 4.87. The highest BCUT2D eigenvalue weighted by Crippen LogP contribution is 2.12. The van der Waals surface area contributed by atoms with Crippen LogP contribution in [0.5, 0.6) is 0 Å². The summed E-state index contributed by atoms with van der Waals surface area (Å²) in [6.45, 7) is 1.99. The summed E-state index contributed by atoms with van der Waals surface area (Å²) in [6, 6.07) is 6.52. The quantitative estimate of drug-likeness (QED) is 0.818. The van der Waals surface area contributed by atoms with Gasteiger partial charge in [-0.2, -0.15) is 0 Å². The van der Waals surface area contributed by atoms with Crippen LogP contribution in [0.3, 0.4) is 0 Å².